The van der Waals surface area contributed by atoms with Gasteiger partial charge in [-0.05, 0) is 72.9 Å². The van der Waals surface area contributed by atoms with Crippen LogP contribution >= 0.6 is 12.4 Å². The summed E-state index contributed by atoms with van der Waals surface area (Å²) in [6, 6.07) is 17.8. The van der Waals surface area contributed by atoms with E-state index in [1.165, 1.54) is 52.6 Å². The van der Waals surface area contributed by atoms with Crippen LogP contribution in [0.1, 0.15) is 36.1 Å². The van der Waals surface area contributed by atoms with E-state index in [2.05, 4.69) is 58.8 Å². The maximum absolute atomic E-state index is 5.45. The Labute approximate surface area is 179 Å². The number of H-pyrrole nitrogens is 1. The minimum absolute atomic E-state index is 0. The number of rotatable bonds is 4. The molecule has 5 rings (SSSR count). The monoisotopic (exact) mass is 408 g/mol. The fourth-order valence-corrected chi connectivity index (χ4v) is 5.02. The summed E-state index contributed by atoms with van der Waals surface area (Å²) in [5.41, 5.74) is 7.07. The van der Waals surface area contributed by atoms with Crippen LogP contribution in [0.25, 0.3) is 16.5 Å². The lowest BCUT2D eigenvalue weighted by molar-refractivity contribution is 0.356. The average molecular weight is 409 g/mol. The standard InChI is InChI=1S/C25H28N2O.ClH/c1-28-21-8-10-25-23(16-21)22-14-17(7-9-24(22)27-25)13-20-15-19(11-12-26-20)18-5-3-2-4-6-18;/h2-6,8,10-11,16-17,20,26-27H,7,9,12-15H2,1H3;1H. The number of aromatic nitrogens is 1. The largest absolute Gasteiger partial charge is 0.497 e. The van der Waals surface area contributed by atoms with Gasteiger partial charge in [0.05, 0.1) is 7.11 Å². The molecule has 0 saturated carbocycles. The predicted octanol–water partition coefficient (Wildman–Crippen LogP) is 5.54. The molecule has 0 bridgehead atoms. The van der Waals surface area contributed by atoms with E-state index < -0.39 is 0 Å². The molecule has 2 aromatic carbocycles. The van der Waals surface area contributed by atoms with Gasteiger partial charge in [0.25, 0.3) is 0 Å². The summed E-state index contributed by atoms with van der Waals surface area (Å²) in [5.74, 6) is 1.69. The number of hydrogen-bond acceptors (Lipinski definition) is 2. The van der Waals surface area contributed by atoms with E-state index in [9.17, 15) is 0 Å². The molecule has 0 amide bonds. The lowest BCUT2D eigenvalue weighted by Gasteiger charge is -2.30. The van der Waals surface area contributed by atoms with Crippen molar-refractivity contribution in [2.24, 2.45) is 5.92 Å². The number of methoxy groups -OCH3 is 1. The molecule has 2 heterocycles. The van der Waals surface area contributed by atoms with Gasteiger partial charge in [0.15, 0.2) is 0 Å². The fraction of sp³-hybridized carbons (Fsp3) is 0.360. The molecule has 2 unspecified atom stereocenters. The highest BCUT2D eigenvalue weighted by Crippen LogP contribution is 2.36. The molecule has 0 radical (unpaired) electrons. The van der Waals surface area contributed by atoms with E-state index in [4.69, 9.17) is 4.74 Å². The van der Waals surface area contributed by atoms with E-state index >= 15 is 0 Å². The van der Waals surface area contributed by atoms with Gasteiger partial charge in [-0.1, -0.05) is 36.4 Å². The second-order valence-corrected chi connectivity index (χ2v) is 8.24. The molecule has 4 heteroatoms. The summed E-state index contributed by atoms with van der Waals surface area (Å²) in [5, 5.41) is 5.08. The van der Waals surface area contributed by atoms with Crippen LogP contribution in [0.15, 0.2) is 54.6 Å². The quantitative estimate of drug-likeness (QED) is 0.594. The van der Waals surface area contributed by atoms with Gasteiger partial charge in [-0.15, -0.1) is 12.4 Å². The second kappa shape index (κ2) is 8.64. The second-order valence-electron chi connectivity index (χ2n) is 8.24. The van der Waals surface area contributed by atoms with Crippen molar-refractivity contribution < 1.29 is 4.74 Å². The smallest absolute Gasteiger partial charge is 0.119 e. The van der Waals surface area contributed by atoms with Crippen molar-refractivity contribution in [3.63, 3.8) is 0 Å². The van der Waals surface area contributed by atoms with Gasteiger partial charge in [0.2, 0.25) is 0 Å². The highest BCUT2D eigenvalue weighted by atomic mass is 35.5. The van der Waals surface area contributed by atoms with Gasteiger partial charge in [-0.2, -0.15) is 0 Å². The third-order valence-corrected chi connectivity index (χ3v) is 6.48. The molecule has 2 aliphatic rings. The molecular weight excluding hydrogens is 380 g/mol. The Morgan fingerprint density at radius 3 is 2.76 bits per heavy atom. The van der Waals surface area contributed by atoms with Gasteiger partial charge in [0, 0.05) is 29.2 Å². The number of aryl methyl sites for hydroxylation is 1. The highest BCUT2D eigenvalue weighted by Gasteiger charge is 2.26. The number of nitrogens with one attached hydrogen (secondary N) is 2. The first-order chi connectivity index (χ1) is 13.8. The van der Waals surface area contributed by atoms with Crippen LogP contribution in [0.5, 0.6) is 5.75 Å². The van der Waals surface area contributed by atoms with E-state index in [1.807, 2.05) is 6.07 Å². The van der Waals surface area contributed by atoms with E-state index in [-0.39, 0.29) is 12.4 Å². The van der Waals surface area contributed by atoms with Crippen molar-refractivity contribution in [3.8, 4) is 5.75 Å². The zero-order valence-electron chi connectivity index (χ0n) is 16.9. The SMILES string of the molecule is COc1ccc2[nH]c3c(c2c1)CC(CC1CC(c2ccccc2)=CCN1)CC3.Cl. The number of aromatic amines is 1. The summed E-state index contributed by atoms with van der Waals surface area (Å²) < 4.78 is 5.45. The van der Waals surface area contributed by atoms with Crippen LogP contribution in [-0.4, -0.2) is 24.7 Å². The fourth-order valence-electron chi connectivity index (χ4n) is 5.02. The van der Waals surface area contributed by atoms with Crippen molar-refractivity contribution in [1.82, 2.24) is 10.3 Å². The van der Waals surface area contributed by atoms with E-state index in [0.29, 0.717) is 6.04 Å². The van der Waals surface area contributed by atoms with Crippen LogP contribution < -0.4 is 10.1 Å². The Balaban J connectivity index is 0.00000205. The summed E-state index contributed by atoms with van der Waals surface area (Å²) >= 11 is 0. The number of fused-ring (bicyclic) bond motifs is 3. The summed E-state index contributed by atoms with van der Waals surface area (Å²) in [6.45, 7) is 0.983. The molecule has 1 aliphatic carbocycles. The topological polar surface area (TPSA) is 37.0 Å². The van der Waals surface area contributed by atoms with Gasteiger partial charge in [-0.25, -0.2) is 0 Å². The average Bonchev–Trinajstić information content (AvgIpc) is 3.12. The Morgan fingerprint density at radius 2 is 1.93 bits per heavy atom. The molecule has 1 aliphatic heterocycles. The van der Waals surface area contributed by atoms with Crippen LogP contribution in [0.4, 0.5) is 0 Å². The van der Waals surface area contributed by atoms with Crippen molar-refractivity contribution in [2.45, 2.75) is 38.1 Å². The molecule has 0 fully saturated rings. The van der Waals surface area contributed by atoms with Crippen molar-refractivity contribution in [1.29, 1.82) is 0 Å². The number of hydrogen-bond donors (Lipinski definition) is 2. The van der Waals surface area contributed by atoms with Gasteiger partial charge in [-0.3, -0.25) is 0 Å². The number of halogens is 1. The van der Waals surface area contributed by atoms with Crippen LogP contribution in [0.2, 0.25) is 0 Å². The van der Waals surface area contributed by atoms with E-state index in [1.54, 1.807) is 7.11 Å². The first kappa shape index (κ1) is 20.1. The Morgan fingerprint density at radius 1 is 1.07 bits per heavy atom. The maximum atomic E-state index is 5.45. The minimum Gasteiger partial charge on any atom is -0.497 e. The lowest BCUT2D eigenvalue weighted by atomic mass is 9.80. The normalized spacial score (nSPS) is 21.2. The predicted molar refractivity (Wildman–Crippen MR) is 123 cm³/mol. The molecular formula is C25H29ClN2O. The van der Waals surface area contributed by atoms with Gasteiger partial charge < -0.3 is 15.0 Å². The maximum Gasteiger partial charge on any atom is 0.119 e. The van der Waals surface area contributed by atoms with Crippen LogP contribution in [-0.2, 0) is 12.8 Å². The van der Waals surface area contributed by atoms with Gasteiger partial charge in [0.1, 0.15) is 5.75 Å². The summed E-state index contributed by atoms with van der Waals surface area (Å²) in [4.78, 5) is 3.64. The van der Waals surface area contributed by atoms with Crippen LogP contribution in [0, 0.1) is 5.92 Å². The minimum atomic E-state index is 0. The molecule has 1 aromatic heterocycles. The third kappa shape index (κ3) is 4.08. The molecule has 3 nitrogen and oxygen atoms in total. The highest BCUT2D eigenvalue weighted by molar-refractivity contribution is 5.86. The molecule has 3 aromatic rings. The molecule has 0 saturated heterocycles. The molecule has 2 N–H and O–H groups in total. The number of benzene rings is 2. The summed E-state index contributed by atoms with van der Waals surface area (Å²) in [6.07, 6.45) is 8.35. The first-order valence-electron chi connectivity index (χ1n) is 10.5. The van der Waals surface area contributed by atoms with Crippen molar-refractivity contribution >= 4 is 28.9 Å². The zero-order chi connectivity index (χ0) is 18.9. The van der Waals surface area contributed by atoms with Crippen molar-refractivity contribution in [2.75, 3.05) is 13.7 Å². The molecule has 2 atom stereocenters. The van der Waals surface area contributed by atoms with E-state index in [0.717, 1.165) is 31.1 Å². The van der Waals surface area contributed by atoms with Gasteiger partial charge >= 0.3 is 0 Å². The first-order valence-corrected chi connectivity index (χ1v) is 10.5. The lowest BCUT2D eigenvalue weighted by Crippen LogP contribution is -2.35. The number of ether oxygens (including phenoxy) is 1. The third-order valence-electron chi connectivity index (χ3n) is 6.48. The zero-order valence-corrected chi connectivity index (χ0v) is 17.7. The molecule has 152 valence electrons. The Kier molecular flexibility index (Phi) is 5.98. The molecule has 0 spiro atoms. The Bertz CT molecular complexity index is 1010. The van der Waals surface area contributed by atoms with Crippen molar-refractivity contribution in [3.05, 3.63) is 71.4 Å². The Hall–Kier alpha value is -2.23. The van der Waals surface area contributed by atoms with Crippen LogP contribution in [0.3, 0.4) is 0 Å². The summed E-state index contributed by atoms with van der Waals surface area (Å²) in [7, 11) is 1.75. The molecule has 29 heavy (non-hydrogen) atoms.